The minimum atomic E-state index is -0.458. The average Bonchev–Trinajstić information content (AvgIpc) is 2.48. The Morgan fingerprint density at radius 2 is 1.90 bits per heavy atom. The standard InChI is InChI=1S/C16H18N2O3/c1-10(14-9-13(21-2)7-8-15(14)19)18-12-5-3-11(4-6-12)16(17)20/h3-10,18-19H,1-2H3,(H2,17,20). The quantitative estimate of drug-likeness (QED) is 0.789. The summed E-state index contributed by atoms with van der Waals surface area (Å²) in [5.74, 6) is 0.421. The molecule has 0 aliphatic heterocycles. The van der Waals surface area contributed by atoms with Gasteiger partial charge in [0.05, 0.1) is 13.2 Å². The molecule has 0 fully saturated rings. The number of carbonyl (C=O) groups is 1. The van der Waals surface area contributed by atoms with Crippen molar-refractivity contribution in [2.75, 3.05) is 12.4 Å². The Hall–Kier alpha value is -2.69. The van der Waals surface area contributed by atoms with E-state index < -0.39 is 5.91 Å². The predicted octanol–water partition coefficient (Wildman–Crippen LogP) is 2.67. The minimum Gasteiger partial charge on any atom is -0.508 e. The molecule has 1 atom stereocenters. The van der Waals surface area contributed by atoms with Gasteiger partial charge in [0.1, 0.15) is 11.5 Å². The number of rotatable bonds is 5. The highest BCUT2D eigenvalue weighted by Gasteiger charge is 2.12. The first-order valence-corrected chi connectivity index (χ1v) is 6.54. The fraction of sp³-hybridized carbons (Fsp3) is 0.188. The number of hydrogen-bond donors (Lipinski definition) is 3. The maximum absolute atomic E-state index is 11.0. The number of ether oxygens (including phenoxy) is 1. The fourth-order valence-corrected chi connectivity index (χ4v) is 2.06. The van der Waals surface area contributed by atoms with E-state index in [1.54, 1.807) is 49.6 Å². The molecule has 21 heavy (non-hydrogen) atoms. The Morgan fingerprint density at radius 1 is 1.24 bits per heavy atom. The van der Waals surface area contributed by atoms with Gasteiger partial charge >= 0.3 is 0 Å². The van der Waals surface area contributed by atoms with Crippen LogP contribution in [0.1, 0.15) is 28.9 Å². The summed E-state index contributed by atoms with van der Waals surface area (Å²) < 4.78 is 5.16. The van der Waals surface area contributed by atoms with E-state index in [9.17, 15) is 9.90 Å². The fourth-order valence-electron chi connectivity index (χ4n) is 2.06. The lowest BCUT2D eigenvalue weighted by Gasteiger charge is -2.18. The van der Waals surface area contributed by atoms with Crippen LogP contribution >= 0.6 is 0 Å². The lowest BCUT2D eigenvalue weighted by Crippen LogP contribution is -2.11. The van der Waals surface area contributed by atoms with Crippen molar-refractivity contribution in [2.24, 2.45) is 5.73 Å². The van der Waals surface area contributed by atoms with E-state index in [4.69, 9.17) is 10.5 Å². The molecule has 5 heteroatoms. The summed E-state index contributed by atoms with van der Waals surface area (Å²) in [4.78, 5) is 11.0. The Balaban J connectivity index is 2.17. The number of benzene rings is 2. The van der Waals surface area contributed by atoms with Crippen LogP contribution in [0.2, 0.25) is 0 Å². The highest BCUT2D eigenvalue weighted by atomic mass is 16.5. The normalized spacial score (nSPS) is 11.7. The summed E-state index contributed by atoms with van der Waals surface area (Å²) in [6.45, 7) is 1.93. The third kappa shape index (κ3) is 3.45. The van der Waals surface area contributed by atoms with Gasteiger partial charge in [-0.15, -0.1) is 0 Å². The Kier molecular flexibility index (Phi) is 4.33. The van der Waals surface area contributed by atoms with Gasteiger partial charge in [0, 0.05) is 16.8 Å². The zero-order valence-electron chi connectivity index (χ0n) is 12.0. The van der Waals surface area contributed by atoms with Crippen molar-refractivity contribution in [1.29, 1.82) is 0 Å². The molecule has 2 rings (SSSR count). The second-order valence-electron chi connectivity index (χ2n) is 4.73. The summed E-state index contributed by atoms with van der Waals surface area (Å²) in [7, 11) is 1.58. The van der Waals surface area contributed by atoms with Crippen molar-refractivity contribution in [2.45, 2.75) is 13.0 Å². The first-order valence-electron chi connectivity index (χ1n) is 6.54. The number of hydrogen-bond acceptors (Lipinski definition) is 4. The number of nitrogens with two attached hydrogens (primary N) is 1. The molecule has 0 radical (unpaired) electrons. The second kappa shape index (κ2) is 6.17. The van der Waals surface area contributed by atoms with Crippen LogP contribution < -0.4 is 15.8 Å². The van der Waals surface area contributed by atoms with Gasteiger partial charge in [-0.25, -0.2) is 0 Å². The lowest BCUT2D eigenvalue weighted by atomic mass is 10.1. The molecule has 1 unspecified atom stereocenters. The monoisotopic (exact) mass is 286 g/mol. The molecular formula is C16H18N2O3. The summed E-state index contributed by atoms with van der Waals surface area (Å²) in [5.41, 5.74) is 7.22. The van der Waals surface area contributed by atoms with Crippen molar-refractivity contribution in [3.8, 4) is 11.5 Å². The van der Waals surface area contributed by atoms with E-state index in [0.717, 1.165) is 11.3 Å². The molecule has 2 aromatic carbocycles. The van der Waals surface area contributed by atoms with E-state index in [1.807, 2.05) is 6.92 Å². The summed E-state index contributed by atoms with van der Waals surface area (Å²) in [6.07, 6.45) is 0. The Bertz CT molecular complexity index is 638. The van der Waals surface area contributed by atoms with Crippen LogP contribution in [-0.4, -0.2) is 18.1 Å². The molecule has 1 amide bonds. The molecule has 0 heterocycles. The van der Waals surface area contributed by atoms with Crippen molar-refractivity contribution >= 4 is 11.6 Å². The highest BCUT2D eigenvalue weighted by Crippen LogP contribution is 2.30. The summed E-state index contributed by atoms with van der Waals surface area (Å²) in [6, 6.07) is 11.8. The number of primary amides is 1. The number of methoxy groups -OCH3 is 1. The third-order valence-corrected chi connectivity index (χ3v) is 3.25. The van der Waals surface area contributed by atoms with E-state index in [2.05, 4.69) is 5.32 Å². The molecule has 0 bridgehead atoms. The number of anilines is 1. The first kappa shape index (κ1) is 14.7. The zero-order valence-corrected chi connectivity index (χ0v) is 12.0. The lowest BCUT2D eigenvalue weighted by molar-refractivity contribution is 0.100. The smallest absolute Gasteiger partial charge is 0.248 e. The van der Waals surface area contributed by atoms with Crippen LogP contribution in [-0.2, 0) is 0 Å². The van der Waals surface area contributed by atoms with E-state index in [-0.39, 0.29) is 11.8 Å². The van der Waals surface area contributed by atoms with Crippen LogP contribution in [0.15, 0.2) is 42.5 Å². The molecule has 0 aliphatic carbocycles. The van der Waals surface area contributed by atoms with Crippen LogP contribution in [0.25, 0.3) is 0 Å². The maximum atomic E-state index is 11.0. The van der Waals surface area contributed by atoms with Gasteiger partial charge in [0.25, 0.3) is 0 Å². The first-order chi connectivity index (χ1) is 10.0. The van der Waals surface area contributed by atoms with E-state index in [0.29, 0.717) is 11.3 Å². The third-order valence-electron chi connectivity index (χ3n) is 3.25. The summed E-state index contributed by atoms with van der Waals surface area (Å²) in [5, 5.41) is 13.2. The number of phenols is 1. The highest BCUT2D eigenvalue weighted by molar-refractivity contribution is 5.93. The molecular weight excluding hydrogens is 268 g/mol. The van der Waals surface area contributed by atoms with E-state index in [1.165, 1.54) is 0 Å². The number of carbonyl (C=O) groups excluding carboxylic acids is 1. The topological polar surface area (TPSA) is 84.6 Å². The van der Waals surface area contributed by atoms with Crippen molar-refractivity contribution in [3.05, 3.63) is 53.6 Å². The number of phenolic OH excluding ortho intramolecular Hbond substituents is 1. The molecule has 0 saturated carbocycles. The molecule has 4 N–H and O–H groups in total. The van der Waals surface area contributed by atoms with Gasteiger partial charge in [-0.2, -0.15) is 0 Å². The molecule has 0 aromatic heterocycles. The molecule has 0 saturated heterocycles. The second-order valence-corrected chi connectivity index (χ2v) is 4.73. The van der Waals surface area contributed by atoms with Gasteiger partial charge in [-0.05, 0) is 49.4 Å². The molecule has 0 aliphatic rings. The Morgan fingerprint density at radius 3 is 2.48 bits per heavy atom. The van der Waals surface area contributed by atoms with Gasteiger partial charge in [0.2, 0.25) is 5.91 Å². The average molecular weight is 286 g/mol. The minimum absolute atomic E-state index is 0.125. The number of amides is 1. The largest absolute Gasteiger partial charge is 0.508 e. The molecule has 0 spiro atoms. The van der Waals surface area contributed by atoms with Crippen LogP contribution in [0.4, 0.5) is 5.69 Å². The maximum Gasteiger partial charge on any atom is 0.248 e. The van der Waals surface area contributed by atoms with Gasteiger partial charge in [-0.3, -0.25) is 4.79 Å². The number of nitrogens with one attached hydrogen (secondary N) is 1. The van der Waals surface area contributed by atoms with Gasteiger partial charge in [0.15, 0.2) is 0 Å². The van der Waals surface area contributed by atoms with Gasteiger partial charge in [-0.1, -0.05) is 0 Å². The van der Waals surface area contributed by atoms with Crippen LogP contribution in [0.3, 0.4) is 0 Å². The van der Waals surface area contributed by atoms with Gasteiger partial charge < -0.3 is 20.9 Å². The van der Waals surface area contributed by atoms with Crippen molar-refractivity contribution in [1.82, 2.24) is 0 Å². The predicted molar refractivity (Wildman–Crippen MR) is 81.7 cm³/mol. The Labute approximate surface area is 123 Å². The number of aromatic hydroxyl groups is 1. The van der Waals surface area contributed by atoms with Crippen LogP contribution in [0, 0.1) is 0 Å². The zero-order chi connectivity index (χ0) is 15.4. The molecule has 5 nitrogen and oxygen atoms in total. The summed E-state index contributed by atoms with van der Waals surface area (Å²) >= 11 is 0. The van der Waals surface area contributed by atoms with E-state index >= 15 is 0 Å². The SMILES string of the molecule is COc1ccc(O)c(C(C)Nc2ccc(C(N)=O)cc2)c1. The van der Waals surface area contributed by atoms with Crippen molar-refractivity contribution in [3.63, 3.8) is 0 Å². The molecule has 110 valence electrons. The van der Waals surface area contributed by atoms with Crippen molar-refractivity contribution < 1.29 is 14.6 Å². The molecule has 2 aromatic rings. The van der Waals surface area contributed by atoms with Crippen LogP contribution in [0.5, 0.6) is 11.5 Å².